The largest absolute Gasteiger partial charge is 0.497 e. The number of aryl methyl sites for hydroxylation is 1. The van der Waals surface area contributed by atoms with E-state index in [1.54, 1.807) is 7.11 Å². The van der Waals surface area contributed by atoms with Crippen molar-refractivity contribution >= 4 is 45.8 Å². The van der Waals surface area contributed by atoms with Gasteiger partial charge < -0.3 is 10.1 Å². The quantitative estimate of drug-likeness (QED) is 0.292. The van der Waals surface area contributed by atoms with Crippen LogP contribution in [0.4, 0.5) is 5.69 Å². The number of carbonyl (C=O) groups is 1. The SMILES string of the molecule is COc1ccc(C=C(C(=O)Nc2ccc(I)cc2C)c2ccccc2)cc1. The van der Waals surface area contributed by atoms with Crippen molar-refractivity contribution in [2.45, 2.75) is 6.92 Å². The zero-order chi connectivity index (χ0) is 19.2. The minimum atomic E-state index is -0.138. The normalized spacial score (nSPS) is 11.1. The summed E-state index contributed by atoms with van der Waals surface area (Å²) in [4.78, 5) is 13.1. The highest BCUT2D eigenvalue weighted by molar-refractivity contribution is 14.1. The Labute approximate surface area is 173 Å². The van der Waals surface area contributed by atoms with Gasteiger partial charge >= 0.3 is 0 Å². The molecule has 3 nitrogen and oxygen atoms in total. The fraction of sp³-hybridized carbons (Fsp3) is 0.0870. The maximum Gasteiger partial charge on any atom is 0.256 e. The van der Waals surface area contributed by atoms with E-state index in [-0.39, 0.29) is 5.91 Å². The van der Waals surface area contributed by atoms with E-state index in [1.807, 2.05) is 85.8 Å². The first-order chi connectivity index (χ1) is 13.1. The van der Waals surface area contributed by atoms with Gasteiger partial charge in [-0.2, -0.15) is 0 Å². The molecule has 0 fully saturated rings. The van der Waals surface area contributed by atoms with Crippen molar-refractivity contribution in [1.29, 1.82) is 0 Å². The summed E-state index contributed by atoms with van der Waals surface area (Å²) in [6.45, 7) is 1.99. The Balaban J connectivity index is 1.96. The van der Waals surface area contributed by atoms with Crippen molar-refractivity contribution in [3.63, 3.8) is 0 Å². The molecule has 1 N–H and O–H groups in total. The van der Waals surface area contributed by atoms with Gasteiger partial charge in [0.25, 0.3) is 5.91 Å². The van der Waals surface area contributed by atoms with Crippen molar-refractivity contribution in [3.8, 4) is 5.75 Å². The molecule has 0 bridgehead atoms. The van der Waals surface area contributed by atoms with E-state index in [0.29, 0.717) is 5.57 Å². The van der Waals surface area contributed by atoms with E-state index < -0.39 is 0 Å². The summed E-state index contributed by atoms with van der Waals surface area (Å²) in [5.41, 5.74) is 4.26. The number of rotatable bonds is 5. The first-order valence-corrected chi connectivity index (χ1v) is 9.63. The van der Waals surface area contributed by atoms with Gasteiger partial charge in [0.2, 0.25) is 0 Å². The van der Waals surface area contributed by atoms with E-state index in [0.717, 1.165) is 31.7 Å². The lowest BCUT2D eigenvalue weighted by molar-refractivity contribution is -0.111. The first-order valence-electron chi connectivity index (χ1n) is 8.55. The van der Waals surface area contributed by atoms with Crippen molar-refractivity contribution < 1.29 is 9.53 Å². The van der Waals surface area contributed by atoms with Crippen molar-refractivity contribution in [2.24, 2.45) is 0 Å². The second-order valence-corrected chi connectivity index (χ2v) is 7.36. The Morgan fingerprint density at radius 2 is 1.70 bits per heavy atom. The lowest BCUT2D eigenvalue weighted by Gasteiger charge is -2.12. The first kappa shape index (κ1) is 19.2. The van der Waals surface area contributed by atoms with Gasteiger partial charge in [-0.3, -0.25) is 4.79 Å². The highest BCUT2D eigenvalue weighted by Crippen LogP contribution is 2.24. The summed E-state index contributed by atoms with van der Waals surface area (Å²) in [5.74, 6) is 0.647. The van der Waals surface area contributed by atoms with E-state index >= 15 is 0 Å². The number of anilines is 1. The van der Waals surface area contributed by atoms with Gasteiger partial charge in [0.1, 0.15) is 5.75 Å². The van der Waals surface area contributed by atoms with Gasteiger partial charge in [-0.1, -0.05) is 42.5 Å². The zero-order valence-electron chi connectivity index (χ0n) is 15.2. The van der Waals surface area contributed by atoms with E-state index in [1.165, 1.54) is 0 Å². The minimum Gasteiger partial charge on any atom is -0.497 e. The summed E-state index contributed by atoms with van der Waals surface area (Å²) < 4.78 is 6.35. The number of amides is 1. The molecule has 0 radical (unpaired) electrons. The third kappa shape index (κ3) is 4.98. The van der Waals surface area contributed by atoms with Crippen LogP contribution in [0.2, 0.25) is 0 Å². The van der Waals surface area contributed by atoms with Gasteiger partial charge in [0.05, 0.1) is 7.11 Å². The van der Waals surface area contributed by atoms with Crippen LogP contribution in [0.5, 0.6) is 5.75 Å². The molecule has 3 aromatic rings. The molecule has 0 unspecified atom stereocenters. The summed E-state index contributed by atoms with van der Waals surface area (Å²) in [6.07, 6.45) is 1.89. The molecule has 0 saturated heterocycles. The molecular formula is C23H20INO2. The molecular weight excluding hydrogens is 449 g/mol. The molecule has 0 aliphatic heterocycles. The predicted octanol–water partition coefficient (Wildman–Crippen LogP) is 5.79. The Hall–Kier alpha value is -2.60. The molecule has 0 aliphatic rings. The van der Waals surface area contributed by atoms with Crippen LogP contribution in [0.3, 0.4) is 0 Å². The Morgan fingerprint density at radius 1 is 1.00 bits per heavy atom. The van der Waals surface area contributed by atoms with E-state index in [9.17, 15) is 4.79 Å². The highest BCUT2D eigenvalue weighted by Gasteiger charge is 2.13. The second-order valence-electron chi connectivity index (χ2n) is 6.11. The Morgan fingerprint density at radius 3 is 2.33 bits per heavy atom. The molecule has 0 aliphatic carbocycles. The standard InChI is InChI=1S/C23H20INO2/c1-16-14-19(24)10-13-22(16)25-23(26)21(18-6-4-3-5-7-18)15-17-8-11-20(27-2)12-9-17/h3-15H,1-2H3,(H,25,26). The lowest BCUT2D eigenvalue weighted by atomic mass is 10.0. The highest BCUT2D eigenvalue weighted by atomic mass is 127. The van der Waals surface area contributed by atoms with Gasteiger partial charge in [-0.05, 0) is 82.6 Å². The number of hydrogen-bond acceptors (Lipinski definition) is 2. The minimum absolute atomic E-state index is 0.138. The monoisotopic (exact) mass is 469 g/mol. The summed E-state index contributed by atoms with van der Waals surface area (Å²) in [5, 5.41) is 3.04. The molecule has 3 rings (SSSR count). The lowest BCUT2D eigenvalue weighted by Crippen LogP contribution is -2.14. The average Bonchev–Trinajstić information content (AvgIpc) is 2.69. The number of halogens is 1. The number of nitrogens with one attached hydrogen (secondary N) is 1. The van der Waals surface area contributed by atoms with E-state index in [2.05, 4.69) is 27.9 Å². The van der Waals surface area contributed by atoms with Gasteiger partial charge in [-0.25, -0.2) is 0 Å². The van der Waals surface area contributed by atoms with Crippen LogP contribution in [0.1, 0.15) is 16.7 Å². The number of hydrogen-bond donors (Lipinski definition) is 1. The van der Waals surface area contributed by atoms with Crippen molar-refractivity contribution in [2.75, 3.05) is 12.4 Å². The van der Waals surface area contributed by atoms with Gasteiger partial charge in [0, 0.05) is 14.8 Å². The Kier molecular flexibility index (Phi) is 6.29. The van der Waals surface area contributed by atoms with Crippen LogP contribution in [0.25, 0.3) is 11.6 Å². The molecule has 0 heterocycles. The molecule has 0 atom stereocenters. The average molecular weight is 469 g/mol. The van der Waals surface area contributed by atoms with Crippen molar-refractivity contribution in [3.05, 3.63) is 93.1 Å². The van der Waals surface area contributed by atoms with Crippen LogP contribution < -0.4 is 10.1 Å². The third-order valence-electron chi connectivity index (χ3n) is 4.19. The molecule has 0 aromatic heterocycles. The molecule has 136 valence electrons. The Bertz CT molecular complexity index is 963. The fourth-order valence-corrected chi connectivity index (χ4v) is 3.37. The van der Waals surface area contributed by atoms with Gasteiger partial charge in [0.15, 0.2) is 0 Å². The zero-order valence-corrected chi connectivity index (χ0v) is 17.4. The maximum atomic E-state index is 13.1. The topological polar surface area (TPSA) is 38.3 Å². The van der Waals surface area contributed by atoms with Crippen LogP contribution in [0.15, 0.2) is 72.8 Å². The molecule has 4 heteroatoms. The van der Waals surface area contributed by atoms with Crippen LogP contribution in [0, 0.1) is 10.5 Å². The summed E-state index contributed by atoms with van der Waals surface area (Å²) in [6, 6.07) is 23.3. The third-order valence-corrected chi connectivity index (χ3v) is 4.86. The number of ether oxygens (including phenoxy) is 1. The predicted molar refractivity (Wildman–Crippen MR) is 120 cm³/mol. The molecule has 27 heavy (non-hydrogen) atoms. The van der Waals surface area contributed by atoms with Crippen LogP contribution in [-0.4, -0.2) is 13.0 Å². The van der Waals surface area contributed by atoms with E-state index in [4.69, 9.17) is 4.74 Å². The summed E-state index contributed by atoms with van der Waals surface area (Å²) in [7, 11) is 1.64. The second kappa shape index (κ2) is 8.86. The number of methoxy groups -OCH3 is 1. The summed E-state index contributed by atoms with van der Waals surface area (Å²) >= 11 is 2.26. The molecule has 1 amide bonds. The van der Waals surface area contributed by atoms with Crippen LogP contribution >= 0.6 is 22.6 Å². The molecule has 0 saturated carbocycles. The number of carbonyl (C=O) groups excluding carboxylic acids is 1. The maximum absolute atomic E-state index is 13.1. The number of benzene rings is 3. The fourth-order valence-electron chi connectivity index (χ4n) is 2.72. The molecule has 3 aromatic carbocycles. The van der Waals surface area contributed by atoms with Crippen molar-refractivity contribution in [1.82, 2.24) is 0 Å². The van der Waals surface area contributed by atoms with Gasteiger partial charge in [-0.15, -0.1) is 0 Å². The molecule has 0 spiro atoms. The smallest absolute Gasteiger partial charge is 0.256 e. The van der Waals surface area contributed by atoms with Crippen LogP contribution in [-0.2, 0) is 4.79 Å².